The molecule has 0 aliphatic rings. The van der Waals surface area contributed by atoms with Crippen molar-refractivity contribution in [2.45, 2.75) is 58.9 Å². The van der Waals surface area contributed by atoms with Crippen LogP contribution in [-0.4, -0.2) is 23.4 Å². The zero-order valence-electron chi connectivity index (χ0n) is 14.9. The van der Waals surface area contributed by atoms with Gasteiger partial charge in [0, 0.05) is 36.8 Å². The lowest BCUT2D eigenvalue weighted by Gasteiger charge is -2.14. The highest BCUT2D eigenvalue weighted by atomic mass is 16.6. The van der Waals surface area contributed by atoms with Crippen LogP contribution in [0.3, 0.4) is 0 Å². The zero-order chi connectivity index (χ0) is 17.9. The minimum Gasteiger partial charge on any atom is -0.385 e. The standard InChI is InChI=1S/C18H29N3O3/c1-14(2)6-4-7-15(3)20-18(22)8-5-13-19-16-9-11-17(12-10-16)21(23)24/h9-12,14-15,19H,4-8,13H2,1-3H3,(H,20,22). The Bertz CT molecular complexity index is 515. The summed E-state index contributed by atoms with van der Waals surface area (Å²) in [6.45, 7) is 7.13. The number of nitrogens with zero attached hydrogens (tertiary/aromatic N) is 1. The molecule has 0 radical (unpaired) electrons. The molecule has 6 nitrogen and oxygen atoms in total. The van der Waals surface area contributed by atoms with E-state index in [9.17, 15) is 14.9 Å². The summed E-state index contributed by atoms with van der Waals surface area (Å²) in [4.78, 5) is 22.0. The highest BCUT2D eigenvalue weighted by Crippen LogP contribution is 2.15. The van der Waals surface area contributed by atoms with E-state index < -0.39 is 4.92 Å². The maximum absolute atomic E-state index is 11.9. The number of carbonyl (C=O) groups is 1. The number of nitrogens with one attached hydrogen (secondary N) is 2. The fraction of sp³-hybridized carbons (Fsp3) is 0.611. The van der Waals surface area contributed by atoms with Crippen LogP contribution in [-0.2, 0) is 4.79 Å². The summed E-state index contributed by atoms with van der Waals surface area (Å²) in [6.07, 6.45) is 4.56. The highest BCUT2D eigenvalue weighted by molar-refractivity contribution is 5.76. The van der Waals surface area contributed by atoms with E-state index in [2.05, 4.69) is 24.5 Å². The van der Waals surface area contributed by atoms with Crippen molar-refractivity contribution in [3.8, 4) is 0 Å². The summed E-state index contributed by atoms with van der Waals surface area (Å²) in [5, 5.41) is 16.8. The first-order valence-corrected chi connectivity index (χ1v) is 8.66. The molecule has 0 heterocycles. The number of hydrogen-bond donors (Lipinski definition) is 2. The van der Waals surface area contributed by atoms with E-state index >= 15 is 0 Å². The molecular weight excluding hydrogens is 306 g/mol. The van der Waals surface area contributed by atoms with Crippen LogP contribution in [0.1, 0.15) is 52.9 Å². The SMILES string of the molecule is CC(C)CCCC(C)NC(=O)CCCNc1ccc([N+](=O)[O-])cc1. The van der Waals surface area contributed by atoms with Crippen molar-refractivity contribution in [3.05, 3.63) is 34.4 Å². The Morgan fingerprint density at radius 2 is 1.79 bits per heavy atom. The number of benzene rings is 1. The summed E-state index contributed by atoms with van der Waals surface area (Å²) in [7, 11) is 0. The molecule has 0 aliphatic heterocycles. The smallest absolute Gasteiger partial charge is 0.269 e. The molecule has 0 aromatic heterocycles. The number of anilines is 1. The second-order valence-corrected chi connectivity index (χ2v) is 6.63. The Kier molecular flexibility index (Phi) is 8.83. The van der Waals surface area contributed by atoms with Crippen LogP contribution in [0.4, 0.5) is 11.4 Å². The van der Waals surface area contributed by atoms with Gasteiger partial charge in [-0.05, 0) is 37.8 Å². The predicted octanol–water partition coefficient (Wildman–Crippen LogP) is 4.12. The third-order valence-corrected chi connectivity index (χ3v) is 3.81. The van der Waals surface area contributed by atoms with Gasteiger partial charge in [-0.3, -0.25) is 14.9 Å². The van der Waals surface area contributed by atoms with E-state index in [4.69, 9.17) is 0 Å². The van der Waals surface area contributed by atoms with Crippen LogP contribution < -0.4 is 10.6 Å². The van der Waals surface area contributed by atoms with Crippen molar-refractivity contribution in [1.29, 1.82) is 0 Å². The number of rotatable bonds is 11. The van der Waals surface area contributed by atoms with Crippen molar-refractivity contribution in [2.24, 2.45) is 5.92 Å². The number of hydrogen-bond acceptors (Lipinski definition) is 4. The van der Waals surface area contributed by atoms with Crippen molar-refractivity contribution in [3.63, 3.8) is 0 Å². The zero-order valence-corrected chi connectivity index (χ0v) is 14.9. The van der Waals surface area contributed by atoms with E-state index in [-0.39, 0.29) is 17.6 Å². The fourth-order valence-corrected chi connectivity index (χ4v) is 2.43. The second kappa shape index (κ2) is 10.6. The third kappa shape index (κ3) is 8.50. The first-order chi connectivity index (χ1) is 11.4. The van der Waals surface area contributed by atoms with Crippen molar-refractivity contribution in [1.82, 2.24) is 5.32 Å². The Balaban J connectivity index is 2.15. The first kappa shape index (κ1) is 19.9. The largest absolute Gasteiger partial charge is 0.385 e. The van der Waals surface area contributed by atoms with Crippen molar-refractivity contribution >= 4 is 17.3 Å². The lowest BCUT2D eigenvalue weighted by molar-refractivity contribution is -0.384. The van der Waals surface area contributed by atoms with E-state index in [1.165, 1.54) is 18.6 Å². The molecule has 1 aromatic carbocycles. The van der Waals surface area contributed by atoms with E-state index in [1.807, 2.05) is 6.92 Å². The topological polar surface area (TPSA) is 84.3 Å². The molecule has 0 saturated carbocycles. The predicted molar refractivity (Wildman–Crippen MR) is 97.1 cm³/mol. The maximum Gasteiger partial charge on any atom is 0.269 e. The molecule has 1 atom stereocenters. The Labute approximate surface area is 144 Å². The number of carbonyl (C=O) groups excluding carboxylic acids is 1. The Hall–Kier alpha value is -2.11. The average molecular weight is 335 g/mol. The molecule has 24 heavy (non-hydrogen) atoms. The van der Waals surface area contributed by atoms with E-state index in [0.717, 1.165) is 24.9 Å². The minimum absolute atomic E-state index is 0.0754. The van der Waals surface area contributed by atoms with Crippen LogP contribution in [0.2, 0.25) is 0 Å². The van der Waals surface area contributed by atoms with Gasteiger partial charge in [0.1, 0.15) is 0 Å². The molecule has 0 saturated heterocycles. The van der Waals surface area contributed by atoms with Gasteiger partial charge in [-0.1, -0.05) is 26.7 Å². The summed E-state index contributed by atoms with van der Waals surface area (Å²) in [6, 6.07) is 6.50. The molecule has 0 spiro atoms. The van der Waals surface area contributed by atoms with Gasteiger partial charge < -0.3 is 10.6 Å². The second-order valence-electron chi connectivity index (χ2n) is 6.63. The number of amides is 1. The van der Waals surface area contributed by atoms with Gasteiger partial charge in [0.15, 0.2) is 0 Å². The summed E-state index contributed by atoms with van der Waals surface area (Å²) >= 11 is 0. The molecular formula is C18H29N3O3. The Morgan fingerprint density at radius 1 is 1.12 bits per heavy atom. The quantitative estimate of drug-likeness (QED) is 0.362. The van der Waals surface area contributed by atoms with E-state index in [1.54, 1.807) is 12.1 Å². The molecule has 2 N–H and O–H groups in total. The van der Waals surface area contributed by atoms with Gasteiger partial charge in [0.2, 0.25) is 5.91 Å². The van der Waals surface area contributed by atoms with Gasteiger partial charge >= 0.3 is 0 Å². The number of non-ortho nitro benzene ring substituents is 1. The number of nitro groups is 1. The van der Waals surface area contributed by atoms with Gasteiger partial charge in [0.25, 0.3) is 5.69 Å². The van der Waals surface area contributed by atoms with Crippen LogP contribution in [0.15, 0.2) is 24.3 Å². The highest BCUT2D eigenvalue weighted by Gasteiger charge is 2.08. The molecule has 1 unspecified atom stereocenters. The third-order valence-electron chi connectivity index (χ3n) is 3.81. The molecule has 0 bridgehead atoms. The average Bonchev–Trinajstić information content (AvgIpc) is 2.51. The van der Waals surface area contributed by atoms with Crippen molar-refractivity contribution in [2.75, 3.05) is 11.9 Å². The van der Waals surface area contributed by atoms with E-state index in [0.29, 0.717) is 18.9 Å². The first-order valence-electron chi connectivity index (χ1n) is 8.66. The van der Waals surface area contributed by atoms with Gasteiger partial charge in [-0.15, -0.1) is 0 Å². The molecule has 1 amide bonds. The van der Waals surface area contributed by atoms with Gasteiger partial charge in [0.05, 0.1) is 4.92 Å². The fourth-order valence-electron chi connectivity index (χ4n) is 2.43. The molecule has 0 fully saturated rings. The molecule has 1 rings (SSSR count). The van der Waals surface area contributed by atoms with Gasteiger partial charge in [-0.25, -0.2) is 0 Å². The molecule has 0 aliphatic carbocycles. The van der Waals surface area contributed by atoms with Crippen LogP contribution in [0.5, 0.6) is 0 Å². The lowest BCUT2D eigenvalue weighted by Crippen LogP contribution is -2.32. The molecule has 1 aromatic rings. The summed E-state index contributed by atoms with van der Waals surface area (Å²) < 4.78 is 0. The normalized spacial score (nSPS) is 12.0. The van der Waals surface area contributed by atoms with Crippen LogP contribution in [0.25, 0.3) is 0 Å². The lowest BCUT2D eigenvalue weighted by atomic mass is 10.0. The maximum atomic E-state index is 11.9. The number of nitro benzene ring substituents is 1. The summed E-state index contributed by atoms with van der Waals surface area (Å²) in [5.41, 5.74) is 0.898. The Morgan fingerprint density at radius 3 is 2.38 bits per heavy atom. The van der Waals surface area contributed by atoms with Crippen LogP contribution >= 0.6 is 0 Å². The summed E-state index contributed by atoms with van der Waals surface area (Å²) in [5.74, 6) is 0.788. The van der Waals surface area contributed by atoms with Crippen LogP contribution in [0, 0.1) is 16.0 Å². The van der Waals surface area contributed by atoms with Crippen molar-refractivity contribution < 1.29 is 9.72 Å². The monoisotopic (exact) mass is 335 g/mol. The minimum atomic E-state index is -0.420. The molecule has 6 heteroatoms. The van der Waals surface area contributed by atoms with Gasteiger partial charge in [-0.2, -0.15) is 0 Å². The molecule has 134 valence electrons.